The summed E-state index contributed by atoms with van der Waals surface area (Å²) in [5.41, 5.74) is 2.31. The lowest BCUT2D eigenvalue weighted by Gasteiger charge is -2.30. The SMILES string of the molecule is CCCC(CC)c1ccccc1C1OCC(C(=O)O)CO1. The van der Waals surface area contributed by atoms with Gasteiger partial charge in [-0.3, -0.25) is 4.79 Å². The highest BCUT2D eigenvalue weighted by molar-refractivity contribution is 5.70. The van der Waals surface area contributed by atoms with Crippen LogP contribution in [-0.2, 0) is 14.3 Å². The molecule has 0 spiro atoms. The lowest BCUT2D eigenvalue weighted by atomic mass is 9.88. The molecule has 1 saturated heterocycles. The molecule has 4 nitrogen and oxygen atoms in total. The van der Waals surface area contributed by atoms with Crippen molar-refractivity contribution in [1.29, 1.82) is 0 Å². The van der Waals surface area contributed by atoms with Crippen LogP contribution in [-0.4, -0.2) is 24.3 Å². The van der Waals surface area contributed by atoms with Gasteiger partial charge in [-0.25, -0.2) is 0 Å². The monoisotopic (exact) mass is 292 g/mol. The van der Waals surface area contributed by atoms with Gasteiger partial charge in [0.15, 0.2) is 6.29 Å². The third kappa shape index (κ3) is 3.83. The van der Waals surface area contributed by atoms with Gasteiger partial charge in [0.1, 0.15) is 5.92 Å². The minimum atomic E-state index is -0.862. The average Bonchev–Trinajstić information content (AvgIpc) is 2.53. The van der Waals surface area contributed by atoms with Crippen molar-refractivity contribution in [3.8, 4) is 0 Å². The van der Waals surface area contributed by atoms with Crippen molar-refractivity contribution in [2.75, 3.05) is 13.2 Å². The summed E-state index contributed by atoms with van der Waals surface area (Å²) in [5, 5.41) is 8.99. The maximum atomic E-state index is 10.9. The largest absolute Gasteiger partial charge is 0.481 e. The normalized spacial score (nSPS) is 23.7. The minimum absolute atomic E-state index is 0.207. The minimum Gasteiger partial charge on any atom is -0.481 e. The van der Waals surface area contributed by atoms with Crippen molar-refractivity contribution < 1.29 is 19.4 Å². The van der Waals surface area contributed by atoms with E-state index in [1.165, 1.54) is 5.56 Å². The summed E-state index contributed by atoms with van der Waals surface area (Å²) in [6, 6.07) is 8.18. The Hall–Kier alpha value is -1.39. The molecule has 1 heterocycles. The molecule has 1 aromatic rings. The molecule has 0 saturated carbocycles. The second-order valence-corrected chi connectivity index (χ2v) is 5.56. The molecule has 1 aliphatic heterocycles. The first kappa shape index (κ1) is 16.0. The summed E-state index contributed by atoms with van der Waals surface area (Å²) >= 11 is 0. The fraction of sp³-hybridized carbons (Fsp3) is 0.588. The van der Waals surface area contributed by atoms with Crippen LogP contribution in [0.25, 0.3) is 0 Å². The Bertz CT molecular complexity index is 464. The Morgan fingerprint density at radius 2 is 1.95 bits per heavy atom. The van der Waals surface area contributed by atoms with Gasteiger partial charge < -0.3 is 14.6 Å². The van der Waals surface area contributed by atoms with E-state index in [1.54, 1.807) is 0 Å². The van der Waals surface area contributed by atoms with E-state index in [0.29, 0.717) is 5.92 Å². The van der Waals surface area contributed by atoms with Gasteiger partial charge in [0.25, 0.3) is 0 Å². The number of rotatable bonds is 6. The van der Waals surface area contributed by atoms with E-state index in [1.807, 2.05) is 18.2 Å². The van der Waals surface area contributed by atoms with Gasteiger partial charge in [-0.15, -0.1) is 0 Å². The molecular formula is C17H24O4. The number of ether oxygens (including phenoxy) is 2. The number of carbonyl (C=O) groups is 1. The zero-order chi connectivity index (χ0) is 15.2. The number of benzene rings is 1. The Kier molecular flexibility index (Phi) is 5.76. The summed E-state index contributed by atoms with van der Waals surface area (Å²) in [7, 11) is 0. The fourth-order valence-electron chi connectivity index (χ4n) is 2.85. The Morgan fingerprint density at radius 3 is 2.52 bits per heavy atom. The second-order valence-electron chi connectivity index (χ2n) is 5.56. The Labute approximate surface area is 126 Å². The molecular weight excluding hydrogens is 268 g/mol. The van der Waals surface area contributed by atoms with E-state index < -0.39 is 18.2 Å². The zero-order valence-corrected chi connectivity index (χ0v) is 12.7. The second kappa shape index (κ2) is 7.57. The van der Waals surface area contributed by atoms with E-state index in [2.05, 4.69) is 19.9 Å². The van der Waals surface area contributed by atoms with Crippen molar-refractivity contribution in [3.05, 3.63) is 35.4 Å². The van der Waals surface area contributed by atoms with E-state index in [0.717, 1.165) is 24.8 Å². The van der Waals surface area contributed by atoms with E-state index in [4.69, 9.17) is 14.6 Å². The molecule has 1 unspecified atom stereocenters. The molecule has 2 rings (SSSR count). The molecule has 116 valence electrons. The summed E-state index contributed by atoms with van der Waals surface area (Å²) in [6.07, 6.45) is 2.91. The first-order valence-corrected chi connectivity index (χ1v) is 7.72. The predicted molar refractivity (Wildman–Crippen MR) is 80.2 cm³/mol. The van der Waals surface area contributed by atoms with Crippen molar-refractivity contribution >= 4 is 5.97 Å². The molecule has 0 aromatic heterocycles. The lowest BCUT2D eigenvalue weighted by molar-refractivity contribution is -0.211. The maximum absolute atomic E-state index is 10.9. The van der Waals surface area contributed by atoms with Crippen LogP contribution >= 0.6 is 0 Å². The maximum Gasteiger partial charge on any atom is 0.311 e. The van der Waals surface area contributed by atoms with Gasteiger partial charge in [-0.2, -0.15) is 0 Å². The summed E-state index contributed by atoms with van der Waals surface area (Å²) in [6.45, 7) is 4.80. The highest BCUT2D eigenvalue weighted by atomic mass is 16.7. The molecule has 0 radical (unpaired) electrons. The van der Waals surface area contributed by atoms with Crippen molar-refractivity contribution in [3.63, 3.8) is 0 Å². The average molecular weight is 292 g/mol. The van der Waals surface area contributed by atoms with Crippen LogP contribution in [0.3, 0.4) is 0 Å². The van der Waals surface area contributed by atoms with Crippen LogP contribution in [0.2, 0.25) is 0 Å². The Morgan fingerprint density at radius 1 is 1.29 bits per heavy atom. The van der Waals surface area contributed by atoms with Crippen molar-refractivity contribution in [1.82, 2.24) is 0 Å². The molecule has 1 atom stereocenters. The van der Waals surface area contributed by atoms with Crippen LogP contribution in [0.4, 0.5) is 0 Å². The molecule has 1 N–H and O–H groups in total. The smallest absolute Gasteiger partial charge is 0.311 e. The number of carboxylic acid groups (broad SMARTS) is 1. The quantitative estimate of drug-likeness (QED) is 0.868. The topological polar surface area (TPSA) is 55.8 Å². The summed E-state index contributed by atoms with van der Waals surface area (Å²) in [4.78, 5) is 10.9. The first-order valence-electron chi connectivity index (χ1n) is 7.72. The number of hydrogen-bond donors (Lipinski definition) is 1. The van der Waals surface area contributed by atoms with Crippen LogP contribution < -0.4 is 0 Å². The van der Waals surface area contributed by atoms with Crippen LogP contribution in [0.5, 0.6) is 0 Å². The molecule has 0 amide bonds. The number of carboxylic acids is 1. The zero-order valence-electron chi connectivity index (χ0n) is 12.7. The summed E-state index contributed by atoms with van der Waals surface area (Å²) in [5.74, 6) is -0.930. The van der Waals surface area contributed by atoms with E-state index in [9.17, 15) is 4.79 Å². The van der Waals surface area contributed by atoms with Crippen molar-refractivity contribution in [2.45, 2.75) is 45.3 Å². The highest BCUT2D eigenvalue weighted by Crippen LogP contribution is 2.34. The van der Waals surface area contributed by atoms with Gasteiger partial charge in [-0.05, 0) is 24.3 Å². The van der Waals surface area contributed by atoms with Gasteiger partial charge in [0, 0.05) is 5.56 Å². The standard InChI is InChI=1S/C17H24O4/c1-3-7-12(4-2)14-8-5-6-9-15(14)17-20-10-13(11-21-17)16(18)19/h5-6,8-9,12-13,17H,3-4,7,10-11H2,1-2H3,(H,18,19). The highest BCUT2D eigenvalue weighted by Gasteiger charge is 2.30. The van der Waals surface area contributed by atoms with E-state index in [-0.39, 0.29) is 13.2 Å². The fourth-order valence-corrected chi connectivity index (χ4v) is 2.85. The molecule has 0 bridgehead atoms. The number of aliphatic carboxylic acids is 1. The van der Waals surface area contributed by atoms with Crippen molar-refractivity contribution in [2.24, 2.45) is 5.92 Å². The van der Waals surface area contributed by atoms with Crippen LogP contribution in [0.1, 0.15) is 56.4 Å². The molecule has 1 aliphatic rings. The molecule has 0 aliphatic carbocycles. The van der Waals surface area contributed by atoms with Gasteiger partial charge in [-0.1, -0.05) is 44.5 Å². The van der Waals surface area contributed by atoms with Crippen LogP contribution in [0.15, 0.2) is 24.3 Å². The summed E-state index contributed by atoms with van der Waals surface area (Å²) < 4.78 is 11.3. The first-order chi connectivity index (χ1) is 10.2. The molecule has 4 heteroatoms. The van der Waals surface area contributed by atoms with Gasteiger partial charge >= 0.3 is 5.97 Å². The third-order valence-corrected chi connectivity index (χ3v) is 4.07. The molecule has 1 aromatic carbocycles. The van der Waals surface area contributed by atoms with Gasteiger partial charge in [0.2, 0.25) is 0 Å². The molecule has 1 fully saturated rings. The van der Waals surface area contributed by atoms with Crippen LogP contribution in [0, 0.1) is 5.92 Å². The predicted octanol–water partition coefficient (Wildman–Crippen LogP) is 3.73. The molecule has 21 heavy (non-hydrogen) atoms. The lowest BCUT2D eigenvalue weighted by Crippen LogP contribution is -2.32. The van der Waals surface area contributed by atoms with E-state index >= 15 is 0 Å². The number of hydrogen-bond acceptors (Lipinski definition) is 3. The third-order valence-electron chi connectivity index (χ3n) is 4.07. The van der Waals surface area contributed by atoms with Gasteiger partial charge in [0.05, 0.1) is 13.2 Å². The Balaban J connectivity index is 2.15.